The standard InChI is InChI=1S/C21H23N3O3/c1-12(2)14-10-20(11-16-17(25)13-6-3-4-7-15(13)22-16)19(27)24-9-5-8-21(14,24)18(26)23-20/h3-4,6-7,11-12,14,22H,5,8-10H2,1-2H3,(H,23,26)/b16-11+/t14-,20-,21?/m0/s1. The SMILES string of the molecule is CC(C)[C@@H]1C[C@@]2(/C=C3/Nc4ccccc4C3=O)NC(=O)C13CCCN3C2=O. The second-order valence-electron chi connectivity index (χ2n) is 8.52. The molecule has 2 N–H and O–H groups in total. The zero-order valence-corrected chi connectivity index (χ0v) is 15.5. The molecule has 3 atom stereocenters. The molecule has 1 aromatic carbocycles. The van der Waals surface area contributed by atoms with Gasteiger partial charge in [-0.15, -0.1) is 0 Å². The fourth-order valence-electron chi connectivity index (χ4n) is 5.60. The van der Waals surface area contributed by atoms with Crippen molar-refractivity contribution in [3.8, 4) is 0 Å². The van der Waals surface area contributed by atoms with Gasteiger partial charge >= 0.3 is 0 Å². The Labute approximate surface area is 158 Å². The normalized spacial score (nSPS) is 35.5. The average molecular weight is 365 g/mol. The second-order valence-corrected chi connectivity index (χ2v) is 8.52. The molecule has 1 spiro atoms. The van der Waals surface area contributed by atoms with Crippen molar-refractivity contribution in [1.29, 1.82) is 0 Å². The van der Waals surface area contributed by atoms with Crippen LogP contribution in [-0.4, -0.2) is 40.1 Å². The second kappa shape index (κ2) is 5.21. The molecule has 1 unspecified atom stereocenters. The number of benzene rings is 1. The van der Waals surface area contributed by atoms with Gasteiger partial charge in [0.05, 0.1) is 5.70 Å². The molecule has 140 valence electrons. The molecule has 5 aliphatic rings. The minimum Gasteiger partial charge on any atom is -0.352 e. The first-order valence-corrected chi connectivity index (χ1v) is 9.67. The van der Waals surface area contributed by atoms with Crippen molar-refractivity contribution in [3.05, 3.63) is 41.6 Å². The maximum absolute atomic E-state index is 13.4. The van der Waals surface area contributed by atoms with Crippen LogP contribution in [0.4, 0.5) is 5.69 Å². The molecule has 0 radical (unpaired) electrons. The highest BCUT2D eigenvalue weighted by Crippen LogP contribution is 2.52. The summed E-state index contributed by atoms with van der Waals surface area (Å²) in [5, 5.41) is 6.14. The minimum atomic E-state index is -1.14. The number of anilines is 1. The monoisotopic (exact) mass is 365 g/mol. The summed E-state index contributed by atoms with van der Waals surface area (Å²) in [5.41, 5.74) is -0.131. The van der Waals surface area contributed by atoms with Gasteiger partial charge in [-0.3, -0.25) is 14.4 Å². The molecule has 0 saturated carbocycles. The van der Waals surface area contributed by atoms with Crippen molar-refractivity contribution in [2.45, 2.75) is 44.2 Å². The minimum absolute atomic E-state index is 0.0654. The Hall–Kier alpha value is -2.63. The number of para-hydroxylation sites is 1. The first kappa shape index (κ1) is 16.5. The van der Waals surface area contributed by atoms with E-state index in [4.69, 9.17) is 0 Å². The van der Waals surface area contributed by atoms with E-state index in [1.54, 1.807) is 17.0 Å². The maximum Gasteiger partial charge on any atom is 0.253 e. The lowest BCUT2D eigenvalue weighted by atomic mass is 9.61. The van der Waals surface area contributed by atoms with Gasteiger partial charge in [-0.2, -0.15) is 0 Å². The number of allylic oxidation sites excluding steroid dienone is 1. The van der Waals surface area contributed by atoms with E-state index in [1.165, 1.54) is 0 Å². The van der Waals surface area contributed by atoms with E-state index in [-0.39, 0.29) is 29.4 Å². The van der Waals surface area contributed by atoms with E-state index in [0.717, 1.165) is 18.5 Å². The number of amides is 2. The smallest absolute Gasteiger partial charge is 0.253 e. The van der Waals surface area contributed by atoms with Gasteiger partial charge in [-0.25, -0.2) is 0 Å². The van der Waals surface area contributed by atoms with Crippen LogP contribution < -0.4 is 10.6 Å². The van der Waals surface area contributed by atoms with Gasteiger partial charge in [-0.1, -0.05) is 26.0 Å². The highest BCUT2D eigenvalue weighted by atomic mass is 16.2. The Morgan fingerprint density at radius 3 is 2.74 bits per heavy atom. The molecule has 2 amide bonds. The number of carbonyl (C=O) groups is 3. The van der Waals surface area contributed by atoms with Crippen LogP contribution in [0.15, 0.2) is 36.0 Å². The summed E-state index contributed by atoms with van der Waals surface area (Å²) in [6, 6.07) is 7.30. The van der Waals surface area contributed by atoms with Crippen LogP contribution in [0.5, 0.6) is 0 Å². The van der Waals surface area contributed by atoms with Crippen molar-refractivity contribution < 1.29 is 14.4 Å². The maximum atomic E-state index is 13.4. The Morgan fingerprint density at radius 1 is 1.22 bits per heavy atom. The van der Waals surface area contributed by atoms with Gasteiger partial charge in [0.25, 0.3) is 5.91 Å². The summed E-state index contributed by atoms with van der Waals surface area (Å²) in [7, 11) is 0. The van der Waals surface area contributed by atoms with Gasteiger partial charge < -0.3 is 15.5 Å². The van der Waals surface area contributed by atoms with Crippen molar-refractivity contribution in [2.24, 2.45) is 11.8 Å². The fraction of sp³-hybridized carbons (Fsp3) is 0.476. The van der Waals surface area contributed by atoms with Crippen molar-refractivity contribution in [2.75, 3.05) is 11.9 Å². The summed E-state index contributed by atoms with van der Waals surface area (Å²) in [4.78, 5) is 41.2. The van der Waals surface area contributed by atoms with Crippen LogP contribution in [0.1, 0.15) is 43.5 Å². The van der Waals surface area contributed by atoms with Crippen LogP contribution in [0, 0.1) is 11.8 Å². The Morgan fingerprint density at radius 2 is 2.00 bits per heavy atom. The lowest BCUT2D eigenvalue weighted by Crippen LogP contribution is -2.81. The molecule has 6 nitrogen and oxygen atoms in total. The quantitative estimate of drug-likeness (QED) is 0.787. The zero-order valence-electron chi connectivity index (χ0n) is 15.5. The third kappa shape index (κ3) is 1.93. The predicted molar refractivity (Wildman–Crippen MR) is 100.0 cm³/mol. The number of carbonyl (C=O) groups excluding carboxylic acids is 3. The molecular weight excluding hydrogens is 342 g/mol. The highest BCUT2D eigenvalue weighted by molar-refractivity contribution is 6.19. The molecule has 6 heteroatoms. The Bertz CT molecular complexity index is 921. The van der Waals surface area contributed by atoms with Gasteiger partial charge in [0, 0.05) is 17.8 Å². The molecule has 6 rings (SSSR count). The van der Waals surface area contributed by atoms with E-state index in [9.17, 15) is 14.4 Å². The van der Waals surface area contributed by atoms with Gasteiger partial charge in [-0.05, 0) is 49.3 Å². The molecule has 0 aliphatic carbocycles. The highest BCUT2D eigenvalue weighted by Gasteiger charge is 2.69. The molecule has 4 fully saturated rings. The third-order valence-corrected chi connectivity index (χ3v) is 6.81. The average Bonchev–Trinajstić information content (AvgIpc) is 3.21. The van der Waals surface area contributed by atoms with Crippen LogP contribution in [-0.2, 0) is 9.59 Å². The number of hydrogen-bond acceptors (Lipinski definition) is 4. The number of hydrogen-bond donors (Lipinski definition) is 2. The molecule has 0 aromatic heterocycles. The molecule has 27 heavy (non-hydrogen) atoms. The first-order chi connectivity index (χ1) is 12.9. The summed E-state index contributed by atoms with van der Waals surface area (Å²) in [6.07, 6.45) is 3.78. The van der Waals surface area contributed by atoms with E-state index in [1.807, 2.05) is 18.2 Å². The van der Waals surface area contributed by atoms with Crippen LogP contribution in [0.3, 0.4) is 0 Å². The topological polar surface area (TPSA) is 78.5 Å². The number of piperazine rings is 1. The van der Waals surface area contributed by atoms with E-state index in [2.05, 4.69) is 24.5 Å². The fourth-order valence-corrected chi connectivity index (χ4v) is 5.60. The molecule has 5 heterocycles. The Balaban J connectivity index is 1.61. The van der Waals surface area contributed by atoms with Crippen LogP contribution in [0.25, 0.3) is 0 Å². The lowest BCUT2D eigenvalue weighted by Gasteiger charge is -2.59. The Kier molecular flexibility index (Phi) is 3.19. The number of piperidine rings is 2. The molecule has 4 saturated heterocycles. The molecule has 2 bridgehead atoms. The predicted octanol–water partition coefficient (Wildman–Crippen LogP) is 2.08. The van der Waals surface area contributed by atoms with Gasteiger partial charge in [0.1, 0.15) is 11.1 Å². The molecule has 5 aliphatic heterocycles. The number of nitrogens with one attached hydrogen (secondary N) is 2. The first-order valence-electron chi connectivity index (χ1n) is 9.67. The van der Waals surface area contributed by atoms with E-state index in [0.29, 0.717) is 24.2 Å². The number of ketones is 1. The zero-order chi connectivity index (χ0) is 19.0. The largest absolute Gasteiger partial charge is 0.352 e. The van der Waals surface area contributed by atoms with Crippen molar-refractivity contribution in [1.82, 2.24) is 10.2 Å². The number of fused-ring (bicyclic) bond motifs is 3. The number of nitrogens with zero attached hydrogens (tertiary/aromatic N) is 1. The summed E-state index contributed by atoms with van der Waals surface area (Å²) in [6.45, 7) is 4.84. The van der Waals surface area contributed by atoms with E-state index < -0.39 is 11.1 Å². The van der Waals surface area contributed by atoms with E-state index >= 15 is 0 Å². The molecule has 1 aromatic rings. The summed E-state index contributed by atoms with van der Waals surface area (Å²) in [5.74, 6) is 0.0833. The summed E-state index contributed by atoms with van der Waals surface area (Å²) >= 11 is 0. The van der Waals surface area contributed by atoms with Crippen molar-refractivity contribution >= 4 is 23.3 Å². The number of rotatable bonds is 2. The van der Waals surface area contributed by atoms with Gasteiger partial charge in [0.2, 0.25) is 11.7 Å². The van der Waals surface area contributed by atoms with Crippen LogP contribution in [0.2, 0.25) is 0 Å². The molecular formula is C21H23N3O3. The van der Waals surface area contributed by atoms with Crippen molar-refractivity contribution in [3.63, 3.8) is 0 Å². The lowest BCUT2D eigenvalue weighted by molar-refractivity contribution is -0.174. The summed E-state index contributed by atoms with van der Waals surface area (Å²) < 4.78 is 0. The number of Topliss-reactive ketones (excluding diaryl/α,β-unsaturated/α-hetero) is 1. The van der Waals surface area contributed by atoms with Gasteiger partial charge in [0.15, 0.2) is 0 Å². The third-order valence-electron chi connectivity index (χ3n) is 6.81. The van der Waals surface area contributed by atoms with Crippen LogP contribution >= 0.6 is 0 Å².